The summed E-state index contributed by atoms with van der Waals surface area (Å²) in [5.74, 6) is 0. The van der Waals surface area contributed by atoms with E-state index < -0.39 is 14.9 Å². The zero-order chi connectivity index (χ0) is 16.4. The minimum Gasteiger partial charge on any atom is -0.316 e. The van der Waals surface area contributed by atoms with Gasteiger partial charge in [0.25, 0.3) is 5.69 Å². The highest BCUT2D eigenvalue weighted by Gasteiger charge is 2.29. The molecule has 0 aromatic heterocycles. The molecule has 130 valence electrons. The Labute approximate surface area is 146 Å². The van der Waals surface area contributed by atoms with Crippen LogP contribution in [0.1, 0.15) is 19.8 Å². The van der Waals surface area contributed by atoms with Crippen molar-refractivity contribution < 1.29 is 13.3 Å². The second-order valence-electron chi connectivity index (χ2n) is 5.79. The standard InChI is InChI=1S/C13H18ClN3O4S.ClH/c1-13(5-2-6-15-8-13)9-16-22(20,21)12-4-3-10(17(18)19)7-11(12)14;/h3-4,7,15-16H,2,5-6,8-9H2,1H3;1H. The van der Waals surface area contributed by atoms with E-state index in [1.807, 2.05) is 6.92 Å². The quantitative estimate of drug-likeness (QED) is 0.599. The Hall–Kier alpha value is -0.930. The molecular weight excluding hydrogens is 365 g/mol. The Bertz CT molecular complexity index is 676. The Morgan fingerprint density at radius 1 is 1.48 bits per heavy atom. The summed E-state index contributed by atoms with van der Waals surface area (Å²) in [4.78, 5) is 9.90. The van der Waals surface area contributed by atoms with E-state index in [-0.39, 0.29) is 40.0 Å². The number of nitrogens with one attached hydrogen (secondary N) is 2. The van der Waals surface area contributed by atoms with Crippen molar-refractivity contribution in [2.24, 2.45) is 5.41 Å². The predicted octanol–water partition coefficient (Wildman–Crippen LogP) is 2.34. The van der Waals surface area contributed by atoms with Gasteiger partial charge in [-0.15, -0.1) is 12.4 Å². The van der Waals surface area contributed by atoms with Crippen LogP contribution in [-0.2, 0) is 10.0 Å². The number of rotatable bonds is 5. The molecule has 0 radical (unpaired) electrons. The van der Waals surface area contributed by atoms with Gasteiger partial charge in [-0.2, -0.15) is 0 Å². The lowest BCUT2D eigenvalue weighted by Gasteiger charge is -2.34. The van der Waals surface area contributed by atoms with E-state index in [9.17, 15) is 18.5 Å². The fraction of sp³-hybridized carbons (Fsp3) is 0.538. The van der Waals surface area contributed by atoms with Crippen LogP contribution in [-0.4, -0.2) is 33.0 Å². The second kappa shape index (κ2) is 7.76. The van der Waals surface area contributed by atoms with Gasteiger partial charge in [0.05, 0.1) is 9.95 Å². The van der Waals surface area contributed by atoms with Gasteiger partial charge in [-0.3, -0.25) is 10.1 Å². The van der Waals surface area contributed by atoms with Crippen molar-refractivity contribution in [1.82, 2.24) is 10.0 Å². The smallest absolute Gasteiger partial charge is 0.271 e. The lowest BCUT2D eigenvalue weighted by atomic mass is 9.83. The molecule has 0 spiro atoms. The zero-order valence-corrected chi connectivity index (χ0v) is 14.9. The third kappa shape index (κ3) is 5.02. The molecule has 0 bridgehead atoms. The number of benzene rings is 1. The van der Waals surface area contributed by atoms with Crippen molar-refractivity contribution in [3.05, 3.63) is 33.3 Å². The number of hydrogen-bond donors (Lipinski definition) is 2. The van der Waals surface area contributed by atoms with Crippen LogP contribution in [0.2, 0.25) is 5.02 Å². The summed E-state index contributed by atoms with van der Waals surface area (Å²) < 4.78 is 27.2. The van der Waals surface area contributed by atoms with E-state index in [1.54, 1.807) is 0 Å². The first-order valence-corrected chi connectivity index (χ1v) is 8.74. The van der Waals surface area contributed by atoms with Crippen molar-refractivity contribution in [2.75, 3.05) is 19.6 Å². The molecule has 1 unspecified atom stereocenters. The molecule has 1 aromatic rings. The molecule has 1 saturated heterocycles. The minimum atomic E-state index is -3.80. The average molecular weight is 384 g/mol. The predicted molar refractivity (Wildman–Crippen MR) is 90.8 cm³/mol. The van der Waals surface area contributed by atoms with Crippen LogP contribution in [0.5, 0.6) is 0 Å². The first kappa shape index (κ1) is 20.1. The number of nitro benzene ring substituents is 1. The number of nitrogens with zero attached hydrogens (tertiary/aromatic N) is 1. The first-order valence-electron chi connectivity index (χ1n) is 6.88. The lowest BCUT2D eigenvalue weighted by molar-refractivity contribution is -0.384. The Morgan fingerprint density at radius 2 is 2.17 bits per heavy atom. The van der Waals surface area contributed by atoms with Crippen LogP contribution in [0.25, 0.3) is 0 Å². The molecule has 10 heteroatoms. The van der Waals surface area contributed by atoms with Gasteiger partial charge < -0.3 is 5.32 Å². The molecule has 1 atom stereocenters. The summed E-state index contributed by atoms with van der Waals surface area (Å²) in [6.07, 6.45) is 1.92. The van der Waals surface area contributed by atoms with E-state index in [0.717, 1.165) is 44.1 Å². The van der Waals surface area contributed by atoms with Crippen molar-refractivity contribution in [1.29, 1.82) is 0 Å². The fourth-order valence-corrected chi connectivity index (χ4v) is 4.17. The monoisotopic (exact) mass is 383 g/mol. The Kier molecular flexibility index (Phi) is 6.79. The summed E-state index contributed by atoms with van der Waals surface area (Å²) in [6, 6.07) is 3.33. The van der Waals surface area contributed by atoms with E-state index in [0.29, 0.717) is 0 Å². The highest BCUT2D eigenvalue weighted by Crippen LogP contribution is 2.28. The first-order chi connectivity index (χ1) is 10.2. The summed E-state index contributed by atoms with van der Waals surface area (Å²) in [5.41, 5.74) is -0.397. The number of sulfonamides is 1. The minimum absolute atomic E-state index is 0. The molecule has 7 nitrogen and oxygen atoms in total. The van der Waals surface area contributed by atoms with Gasteiger partial charge >= 0.3 is 0 Å². The maximum absolute atomic E-state index is 12.3. The van der Waals surface area contributed by atoms with Crippen molar-refractivity contribution in [3.63, 3.8) is 0 Å². The number of piperidine rings is 1. The van der Waals surface area contributed by atoms with Gasteiger partial charge in [-0.1, -0.05) is 18.5 Å². The number of hydrogen-bond acceptors (Lipinski definition) is 5. The van der Waals surface area contributed by atoms with Crippen LogP contribution in [0.15, 0.2) is 23.1 Å². The molecule has 0 saturated carbocycles. The van der Waals surface area contributed by atoms with E-state index in [2.05, 4.69) is 10.0 Å². The van der Waals surface area contributed by atoms with Crippen LogP contribution >= 0.6 is 24.0 Å². The highest BCUT2D eigenvalue weighted by molar-refractivity contribution is 7.89. The van der Waals surface area contributed by atoms with Gasteiger partial charge in [0, 0.05) is 25.2 Å². The second-order valence-corrected chi connectivity index (χ2v) is 7.93. The summed E-state index contributed by atoms with van der Waals surface area (Å²) in [6.45, 7) is 3.98. The number of non-ortho nitro benzene ring substituents is 1. The van der Waals surface area contributed by atoms with Crippen LogP contribution in [0.3, 0.4) is 0 Å². The lowest BCUT2D eigenvalue weighted by Crippen LogP contribution is -2.45. The number of halogens is 2. The molecule has 0 amide bonds. The fourth-order valence-electron chi connectivity index (χ4n) is 2.44. The molecule has 1 aromatic carbocycles. The van der Waals surface area contributed by atoms with Gasteiger partial charge in [0.1, 0.15) is 4.90 Å². The zero-order valence-electron chi connectivity index (χ0n) is 12.5. The van der Waals surface area contributed by atoms with Gasteiger partial charge in [-0.05, 0) is 30.9 Å². The molecule has 0 aliphatic carbocycles. The summed E-state index contributed by atoms with van der Waals surface area (Å²) in [7, 11) is -3.80. The van der Waals surface area contributed by atoms with Crippen molar-refractivity contribution in [2.45, 2.75) is 24.7 Å². The molecule has 2 N–H and O–H groups in total. The molecule has 1 fully saturated rings. The Morgan fingerprint density at radius 3 is 2.70 bits per heavy atom. The molecular formula is C13H19Cl2N3O4S. The maximum Gasteiger partial charge on any atom is 0.271 e. The van der Waals surface area contributed by atoms with E-state index in [1.165, 1.54) is 0 Å². The van der Waals surface area contributed by atoms with Crippen molar-refractivity contribution in [3.8, 4) is 0 Å². The Balaban J connectivity index is 0.00000264. The van der Waals surface area contributed by atoms with Crippen molar-refractivity contribution >= 4 is 39.7 Å². The summed E-state index contributed by atoms with van der Waals surface area (Å²) >= 11 is 5.88. The topological polar surface area (TPSA) is 101 Å². The third-order valence-electron chi connectivity index (χ3n) is 3.79. The molecule has 2 rings (SSSR count). The van der Waals surface area contributed by atoms with Crippen LogP contribution in [0.4, 0.5) is 5.69 Å². The van der Waals surface area contributed by atoms with E-state index >= 15 is 0 Å². The largest absolute Gasteiger partial charge is 0.316 e. The molecule has 1 aliphatic rings. The maximum atomic E-state index is 12.3. The van der Waals surface area contributed by atoms with Crippen LogP contribution < -0.4 is 10.0 Å². The van der Waals surface area contributed by atoms with Gasteiger partial charge in [-0.25, -0.2) is 13.1 Å². The molecule has 1 aliphatic heterocycles. The molecule has 23 heavy (non-hydrogen) atoms. The van der Waals surface area contributed by atoms with E-state index in [4.69, 9.17) is 11.6 Å². The summed E-state index contributed by atoms with van der Waals surface area (Å²) in [5, 5.41) is 13.8. The van der Waals surface area contributed by atoms with Gasteiger partial charge in [0.2, 0.25) is 10.0 Å². The molecule has 1 heterocycles. The average Bonchev–Trinajstić information content (AvgIpc) is 2.46. The highest BCUT2D eigenvalue weighted by atomic mass is 35.5. The SMILES string of the molecule is CC1(CNS(=O)(=O)c2ccc([N+](=O)[O-])cc2Cl)CCCNC1.Cl. The third-order valence-corrected chi connectivity index (χ3v) is 5.67. The van der Waals surface area contributed by atoms with Gasteiger partial charge in [0.15, 0.2) is 0 Å². The normalized spacial score (nSPS) is 21.5. The number of nitro groups is 1. The van der Waals surface area contributed by atoms with Crippen LogP contribution in [0, 0.1) is 15.5 Å².